The fourth-order valence-electron chi connectivity index (χ4n) is 4.89. The monoisotopic (exact) mass is 412 g/mol. The van der Waals surface area contributed by atoms with Gasteiger partial charge in [0.2, 0.25) is 0 Å². The van der Waals surface area contributed by atoms with Crippen molar-refractivity contribution in [3.05, 3.63) is 48.6 Å². The Balaban J connectivity index is 0.000000237. The van der Waals surface area contributed by atoms with E-state index >= 15 is 0 Å². The molecule has 0 nitrogen and oxygen atoms in total. The van der Waals surface area contributed by atoms with Gasteiger partial charge in [-0.25, -0.2) is 0 Å². The summed E-state index contributed by atoms with van der Waals surface area (Å²) in [6.45, 7) is 18.7. The topological polar surface area (TPSA) is 0 Å². The summed E-state index contributed by atoms with van der Waals surface area (Å²) in [7, 11) is 0. The minimum atomic E-state index is 0.814. The van der Waals surface area contributed by atoms with Crippen molar-refractivity contribution < 1.29 is 0 Å². The summed E-state index contributed by atoms with van der Waals surface area (Å²) in [5.41, 5.74) is 0. The maximum atomic E-state index is 2.44. The lowest BCUT2D eigenvalue weighted by atomic mass is 9.72. The number of hydrogen-bond acceptors (Lipinski definition) is 0. The molecule has 0 fully saturated rings. The van der Waals surface area contributed by atoms with Crippen molar-refractivity contribution in [3.8, 4) is 0 Å². The Kier molecular flexibility index (Phi) is 13.4. The molecule has 30 heavy (non-hydrogen) atoms. The summed E-state index contributed by atoms with van der Waals surface area (Å²) in [4.78, 5) is 0. The van der Waals surface area contributed by atoms with Crippen LogP contribution in [0.4, 0.5) is 0 Å². The Morgan fingerprint density at radius 1 is 0.500 bits per heavy atom. The molecule has 3 rings (SSSR count). The van der Waals surface area contributed by atoms with E-state index < -0.39 is 0 Å². The average Bonchev–Trinajstić information content (AvgIpc) is 2.75. The predicted molar refractivity (Wildman–Crippen MR) is 138 cm³/mol. The first-order chi connectivity index (χ1) is 14.2. The van der Waals surface area contributed by atoms with Gasteiger partial charge in [0.25, 0.3) is 0 Å². The normalized spacial score (nSPS) is 27.9. The molecular formula is C30H52. The molecule has 0 radical (unpaired) electrons. The van der Waals surface area contributed by atoms with Crippen LogP contribution >= 0.6 is 0 Å². The van der Waals surface area contributed by atoms with E-state index in [0.29, 0.717) is 0 Å². The van der Waals surface area contributed by atoms with E-state index in [4.69, 9.17) is 0 Å². The van der Waals surface area contributed by atoms with Crippen LogP contribution in [0.3, 0.4) is 0 Å². The standard InChI is InChI=1S/2C12H22.C6H8/c1-9(2)11-5-7-12(8-6-11)10(3)4;1-9(2)11-7-5-6-8-12(11)10(3)4;1-2-4-6-5-3-1/h2*5,7,9-12H,6,8H2,1-4H3;1-4H,5-6H2. The summed E-state index contributed by atoms with van der Waals surface area (Å²) >= 11 is 0. The summed E-state index contributed by atoms with van der Waals surface area (Å²) in [6, 6.07) is 0. The van der Waals surface area contributed by atoms with Gasteiger partial charge in [-0.15, -0.1) is 0 Å². The van der Waals surface area contributed by atoms with Crippen LogP contribution in [0.5, 0.6) is 0 Å². The molecule has 4 atom stereocenters. The molecule has 0 saturated heterocycles. The van der Waals surface area contributed by atoms with E-state index in [-0.39, 0.29) is 0 Å². The molecule has 0 aliphatic heterocycles. The third-order valence-electron chi connectivity index (χ3n) is 7.18. The van der Waals surface area contributed by atoms with Crippen molar-refractivity contribution in [2.45, 2.75) is 93.9 Å². The van der Waals surface area contributed by atoms with Crippen molar-refractivity contribution in [1.82, 2.24) is 0 Å². The van der Waals surface area contributed by atoms with Crippen molar-refractivity contribution in [3.63, 3.8) is 0 Å². The Morgan fingerprint density at radius 2 is 1.00 bits per heavy atom. The van der Waals surface area contributed by atoms with Gasteiger partial charge in [0, 0.05) is 0 Å². The fraction of sp³-hybridized carbons (Fsp3) is 0.733. The third-order valence-corrected chi connectivity index (χ3v) is 7.18. The summed E-state index contributed by atoms with van der Waals surface area (Å²) in [6.07, 6.45) is 26.2. The summed E-state index contributed by atoms with van der Waals surface area (Å²) in [5, 5.41) is 0. The van der Waals surface area contributed by atoms with Gasteiger partial charge < -0.3 is 0 Å². The Morgan fingerprint density at radius 3 is 1.27 bits per heavy atom. The second-order valence-corrected chi connectivity index (χ2v) is 10.9. The number of rotatable bonds is 4. The maximum absolute atomic E-state index is 2.44. The average molecular weight is 413 g/mol. The van der Waals surface area contributed by atoms with Crippen LogP contribution in [0.1, 0.15) is 93.9 Å². The molecule has 0 aromatic carbocycles. The highest BCUT2D eigenvalue weighted by Gasteiger charge is 2.26. The van der Waals surface area contributed by atoms with E-state index in [0.717, 1.165) is 47.3 Å². The zero-order chi connectivity index (χ0) is 22.5. The lowest BCUT2D eigenvalue weighted by Crippen LogP contribution is -2.25. The quantitative estimate of drug-likeness (QED) is 0.403. The highest BCUT2D eigenvalue weighted by Crippen LogP contribution is 2.35. The van der Waals surface area contributed by atoms with Crippen molar-refractivity contribution in [2.24, 2.45) is 47.3 Å². The molecule has 0 N–H and O–H groups in total. The van der Waals surface area contributed by atoms with Crippen LogP contribution in [0.15, 0.2) is 48.6 Å². The molecule has 0 spiro atoms. The van der Waals surface area contributed by atoms with Crippen LogP contribution in [-0.4, -0.2) is 0 Å². The molecule has 3 aliphatic rings. The molecule has 4 unspecified atom stereocenters. The molecule has 172 valence electrons. The number of hydrogen-bond donors (Lipinski definition) is 0. The summed E-state index contributed by atoms with van der Waals surface area (Å²) in [5.74, 6) is 6.77. The van der Waals surface area contributed by atoms with Gasteiger partial charge in [-0.05, 0) is 85.9 Å². The minimum Gasteiger partial charge on any atom is -0.0882 e. The SMILES string of the molecule is C1=CCCC=C1.CC(C)C1C=CC(C(C)C)CC1.CC(C)C1C=CCCC1C(C)C. The zero-order valence-electron chi connectivity index (χ0n) is 21.5. The van der Waals surface area contributed by atoms with E-state index in [1.54, 1.807) is 0 Å². The third kappa shape index (κ3) is 10.3. The largest absolute Gasteiger partial charge is 0.0882 e. The molecule has 0 aromatic heterocycles. The second kappa shape index (κ2) is 14.9. The van der Waals surface area contributed by atoms with E-state index in [1.807, 2.05) is 0 Å². The molecule has 3 aliphatic carbocycles. The fourth-order valence-corrected chi connectivity index (χ4v) is 4.89. The minimum absolute atomic E-state index is 0.814. The first-order valence-corrected chi connectivity index (χ1v) is 12.9. The van der Waals surface area contributed by atoms with Crippen LogP contribution < -0.4 is 0 Å². The zero-order valence-corrected chi connectivity index (χ0v) is 21.5. The Hall–Kier alpha value is -1.04. The van der Waals surface area contributed by atoms with Crippen molar-refractivity contribution >= 4 is 0 Å². The van der Waals surface area contributed by atoms with Crippen molar-refractivity contribution in [1.29, 1.82) is 0 Å². The van der Waals surface area contributed by atoms with Gasteiger partial charge >= 0.3 is 0 Å². The molecular weight excluding hydrogens is 360 g/mol. The van der Waals surface area contributed by atoms with E-state index in [9.17, 15) is 0 Å². The van der Waals surface area contributed by atoms with Crippen molar-refractivity contribution in [2.75, 3.05) is 0 Å². The van der Waals surface area contributed by atoms with Crippen LogP contribution in [0.25, 0.3) is 0 Å². The van der Waals surface area contributed by atoms with Crippen LogP contribution in [-0.2, 0) is 0 Å². The van der Waals surface area contributed by atoms with Gasteiger partial charge in [0.15, 0.2) is 0 Å². The van der Waals surface area contributed by atoms with E-state index in [1.165, 1.54) is 38.5 Å². The molecule has 0 aromatic rings. The van der Waals surface area contributed by atoms with Gasteiger partial charge in [-0.1, -0.05) is 104 Å². The molecule has 0 amide bonds. The molecule has 0 bridgehead atoms. The van der Waals surface area contributed by atoms with Gasteiger partial charge in [-0.3, -0.25) is 0 Å². The maximum Gasteiger partial charge on any atom is -0.0179 e. The summed E-state index contributed by atoms with van der Waals surface area (Å²) < 4.78 is 0. The Labute approximate surface area is 190 Å². The van der Waals surface area contributed by atoms with Gasteiger partial charge in [-0.2, -0.15) is 0 Å². The molecule has 0 heterocycles. The highest BCUT2D eigenvalue weighted by atomic mass is 14.3. The number of allylic oxidation sites excluding steroid dienone is 8. The highest BCUT2D eigenvalue weighted by molar-refractivity contribution is 5.07. The van der Waals surface area contributed by atoms with Crippen LogP contribution in [0, 0.1) is 47.3 Å². The first kappa shape index (κ1) is 27.0. The van der Waals surface area contributed by atoms with Gasteiger partial charge in [0.05, 0.1) is 0 Å². The lowest BCUT2D eigenvalue weighted by molar-refractivity contribution is 0.219. The predicted octanol–water partition coefficient (Wildman–Crippen LogP) is 9.65. The molecule has 0 saturated carbocycles. The van der Waals surface area contributed by atoms with Crippen LogP contribution in [0.2, 0.25) is 0 Å². The molecule has 0 heteroatoms. The second-order valence-electron chi connectivity index (χ2n) is 10.9. The van der Waals surface area contributed by atoms with Gasteiger partial charge in [0.1, 0.15) is 0 Å². The smallest absolute Gasteiger partial charge is 0.0179 e. The lowest BCUT2D eigenvalue weighted by Gasteiger charge is -2.33. The Bertz CT molecular complexity index is 510. The first-order valence-electron chi connectivity index (χ1n) is 12.9. The van der Waals surface area contributed by atoms with E-state index in [2.05, 4.69) is 104 Å².